The van der Waals surface area contributed by atoms with Gasteiger partial charge in [0.2, 0.25) is 0 Å². The van der Waals surface area contributed by atoms with E-state index < -0.39 is 11.9 Å². The van der Waals surface area contributed by atoms with Crippen molar-refractivity contribution in [2.75, 3.05) is 13.2 Å². The fourth-order valence-corrected chi connectivity index (χ4v) is 6.41. The normalized spacial score (nSPS) is 11.1. The number of unbranched alkanes of at least 4 members (excludes halogenated alkanes) is 23. The second-order valence-corrected chi connectivity index (χ2v) is 13.9. The topological polar surface area (TPSA) is 93.1 Å². The number of ether oxygens (including phenoxy) is 2. The van der Waals surface area contributed by atoms with Crippen LogP contribution in [0.4, 0.5) is 0 Å². The number of carbonyl (C=O) groups is 2. The summed E-state index contributed by atoms with van der Waals surface area (Å²) in [6.45, 7) is 5.13. The molecule has 276 valence electrons. The minimum Gasteiger partial charge on any atom is -0.508 e. The van der Waals surface area contributed by atoms with Crippen LogP contribution < -0.4 is 0 Å². The van der Waals surface area contributed by atoms with Crippen LogP contribution in [0, 0.1) is 0 Å². The Morgan fingerprint density at radius 2 is 0.694 bits per heavy atom. The standard InChI is InChI=1S/C43H68O6/c1-3-5-7-9-11-13-15-17-19-21-23-25-27-33-49-43(47)39-31-29-37(45)35-41(39)40-34-36(44)28-30-38(40)42(46)48-32-26-24-22-20-18-16-14-12-10-8-6-4-2/h28-31,34-35,44-45H,3-27,32-33H2,1-2H3. The van der Waals surface area contributed by atoms with Crippen molar-refractivity contribution in [3.8, 4) is 22.6 Å². The lowest BCUT2D eigenvalue weighted by Crippen LogP contribution is -2.11. The fraction of sp³-hybridized carbons (Fsp3) is 0.674. The molecule has 0 amide bonds. The molecule has 0 radical (unpaired) electrons. The fourth-order valence-electron chi connectivity index (χ4n) is 6.41. The monoisotopic (exact) mass is 681 g/mol. The van der Waals surface area contributed by atoms with E-state index in [1.807, 2.05) is 0 Å². The number of esters is 2. The minimum absolute atomic E-state index is 0.0535. The molecule has 2 N–H and O–H groups in total. The van der Waals surface area contributed by atoms with Gasteiger partial charge < -0.3 is 19.7 Å². The largest absolute Gasteiger partial charge is 0.508 e. The van der Waals surface area contributed by atoms with E-state index in [1.165, 1.54) is 158 Å². The molecule has 0 aliphatic rings. The Labute approximate surface area is 298 Å². The van der Waals surface area contributed by atoms with E-state index in [0.717, 1.165) is 38.5 Å². The molecule has 0 spiro atoms. The van der Waals surface area contributed by atoms with Crippen LogP contribution in [0.15, 0.2) is 36.4 Å². The van der Waals surface area contributed by atoms with Gasteiger partial charge in [0.1, 0.15) is 11.5 Å². The van der Waals surface area contributed by atoms with Gasteiger partial charge in [-0.15, -0.1) is 0 Å². The van der Waals surface area contributed by atoms with Gasteiger partial charge in [-0.1, -0.05) is 162 Å². The van der Waals surface area contributed by atoms with Gasteiger partial charge in [0, 0.05) is 11.1 Å². The molecule has 0 bridgehead atoms. The zero-order chi connectivity index (χ0) is 35.4. The summed E-state index contributed by atoms with van der Waals surface area (Å²) in [4.78, 5) is 26.3. The van der Waals surface area contributed by atoms with Crippen molar-refractivity contribution >= 4 is 11.9 Å². The van der Waals surface area contributed by atoms with E-state index in [-0.39, 0.29) is 22.6 Å². The van der Waals surface area contributed by atoms with E-state index in [0.29, 0.717) is 24.3 Å². The molecule has 0 aliphatic carbocycles. The maximum atomic E-state index is 13.2. The summed E-state index contributed by atoms with van der Waals surface area (Å²) >= 11 is 0. The van der Waals surface area contributed by atoms with Crippen LogP contribution in [0.1, 0.15) is 195 Å². The molecule has 2 rings (SSSR count). The molecule has 0 aromatic heterocycles. The maximum absolute atomic E-state index is 13.2. The molecule has 0 aliphatic heterocycles. The first-order valence-electron chi connectivity index (χ1n) is 20.0. The Bertz CT molecular complexity index is 1160. The highest BCUT2D eigenvalue weighted by Gasteiger charge is 2.21. The van der Waals surface area contributed by atoms with Crippen molar-refractivity contribution in [2.24, 2.45) is 0 Å². The Kier molecular flexibility index (Phi) is 23.9. The number of aromatic hydroxyl groups is 2. The smallest absolute Gasteiger partial charge is 0.338 e. The molecule has 0 saturated carbocycles. The van der Waals surface area contributed by atoms with Gasteiger partial charge >= 0.3 is 11.9 Å². The number of rotatable bonds is 30. The number of hydrogen-bond acceptors (Lipinski definition) is 6. The molecule has 0 heterocycles. The average molecular weight is 681 g/mol. The third-order valence-corrected chi connectivity index (χ3v) is 9.45. The minimum atomic E-state index is -0.521. The van der Waals surface area contributed by atoms with Crippen molar-refractivity contribution in [3.63, 3.8) is 0 Å². The quantitative estimate of drug-likeness (QED) is 0.0630. The van der Waals surface area contributed by atoms with Crippen molar-refractivity contribution in [1.82, 2.24) is 0 Å². The molecule has 0 fully saturated rings. The summed E-state index contributed by atoms with van der Waals surface area (Å²) in [6.07, 6.45) is 30.9. The SMILES string of the molecule is CCCCCCCCCCCCCCCOC(=O)c1ccc(O)cc1-c1cc(O)ccc1C(=O)OCCCCCCCCCCCCCC. The summed E-state index contributed by atoms with van der Waals surface area (Å²) in [6, 6.07) is 8.72. The van der Waals surface area contributed by atoms with Gasteiger partial charge in [-0.25, -0.2) is 9.59 Å². The van der Waals surface area contributed by atoms with Crippen LogP contribution in [0.3, 0.4) is 0 Å². The van der Waals surface area contributed by atoms with Crippen molar-refractivity contribution < 1.29 is 29.3 Å². The number of phenolic OH excluding ortho intramolecular Hbond substituents is 2. The van der Waals surface area contributed by atoms with Crippen molar-refractivity contribution in [1.29, 1.82) is 0 Å². The average Bonchev–Trinajstić information content (AvgIpc) is 3.10. The van der Waals surface area contributed by atoms with E-state index in [2.05, 4.69) is 13.8 Å². The third kappa shape index (κ3) is 19.1. The Morgan fingerprint density at radius 3 is 0.980 bits per heavy atom. The predicted molar refractivity (Wildman–Crippen MR) is 203 cm³/mol. The molecule has 0 saturated heterocycles. The van der Waals surface area contributed by atoms with Crippen LogP contribution in [0.25, 0.3) is 11.1 Å². The van der Waals surface area contributed by atoms with Gasteiger partial charge in [-0.2, -0.15) is 0 Å². The molecular weight excluding hydrogens is 612 g/mol. The van der Waals surface area contributed by atoms with Crippen LogP contribution in [-0.2, 0) is 9.47 Å². The lowest BCUT2D eigenvalue weighted by atomic mass is 9.94. The summed E-state index contributed by atoms with van der Waals surface area (Å²) in [5.41, 5.74) is 1.10. The van der Waals surface area contributed by atoms with Crippen molar-refractivity contribution in [2.45, 2.75) is 174 Å². The molecule has 0 unspecified atom stereocenters. The van der Waals surface area contributed by atoms with Gasteiger partial charge in [-0.05, 0) is 49.2 Å². The summed E-state index contributed by atoms with van der Waals surface area (Å²) < 4.78 is 11.2. The summed E-state index contributed by atoms with van der Waals surface area (Å²) in [7, 11) is 0. The molecular formula is C43H68O6. The highest BCUT2D eigenvalue weighted by molar-refractivity contribution is 6.03. The highest BCUT2D eigenvalue weighted by Crippen LogP contribution is 2.34. The van der Waals surface area contributed by atoms with E-state index in [9.17, 15) is 19.8 Å². The van der Waals surface area contributed by atoms with Crippen LogP contribution in [-0.4, -0.2) is 35.4 Å². The Balaban J connectivity index is 1.75. The maximum Gasteiger partial charge on any atom is 0.338 e. The Morgan fingerprint density at radius 1 is 0.429 bits per heavy atom. The van der Waals surface area contributed by atoms with E-state index >= 15 is 0 Å². The second kappa shape index (κ2) is 27.8. The van der Waals surface area contributed by atoms with Gasteiger partial charge in [0.15, 0.2) is 0 Å². The van der Waals surface area contributed by atoms with Gasteiger partial charge in [0.05, 0.1) is 24.3 Å². The van der Waals surface area contributed by atoms with Gasteiger partial charge in [-0.3, -0.25) is 0 Å². The lowest BCUT2D eigenvalue weighted by Gasteiger charge is -2.14. The predicted octanol–water partition coefficient (Wildman–Crippen LogP) is 12.9. The highest BCUT2D eigenvalue weighted by atomic mass is 16.5. The molecule has 0 atom stereocenters. The van der Waals surface area contributed by atoms with Crippen LogP contribution >= 0.6 is 0 Å². The van der Waals surface area contributed by atoms with E-state index in [4.69, 9.17) is 9.47 Å². The number of carbonyl (C=O) groups excluding carboxylic acids is 2. The first kappa shape index (κ1) is 42.1. The second-order valence-electron chi connectivity index (χ2n) is 13.9. The zero-order valence-electron chi connectivity index (χ0n) is 31.1. The Hall–Kier alpha value is -3.02. The molecule has 6 nitrogen and oxygen atoms in total. The molecule has 49 heavy (non-hydrogen) atoms. The number of benzene rings is 2. The summed E-state index contributed by atoms with van der Waals surface area (Å²) in [5, 5.41) is 20.6. The van der Waals surface area contributed by atoms with Crippen molar-refractivity contribution in [3.05, 3.63) is 47.5 Å². The lowest BCUT2D eigenvalue weighted by molar-refractivity contribution is 0.0486. The number of phenols is 2. The number of hydrogen-bond donors (Lipinski definition) is 2. The molecule has 6 heteroatoms. The first-order valence-corrected chi connectivity index (χ1v) is 20.0. The van der Waals surface area contributed by atoms with Crippen LogP contribution in [0.2, 0.25) is 0 Å². The van der Waals surface area contributed by atoms with Crippen LogP contribution in [0.5, 0.6) is 11.5 Å². The first-order chi connectivity index (χ1) is 24.0. The zero-order valence-corrected chi connectivity index (χ0v) is 31.1. The van der Waals surface area contributed by atoms with Gasteiger partial charge in [0.25, 0.3) is 0 Å². The molecule has 2 aromatic carbocycles. The third-order valence-electron chi connectivity index (χ3n) is 9.45. The van der Waals surface area contributed by atoms with E-state index in [1.54, 1.807) is 0 Å². The summed E-state index contributed by atoms with van der Waals surface area (Å²) in [5.74, 6) is -1.15. The molecule has 2 aromatic rings.